The molecule has 0 aromatic carbocycles. The van der Waals surface area contributed by atoms with E-state index in [4.69, 9.17) is 14.2 Å². The third-order valence-electron chi connectivity index (χ3n) is 12.4. The molecule has 6 heteroatoms. The molecule has 0 spiro atoms. The second-order valence-corrected chi connectivity index (χ2v) is 18.5. The lowest BCUT2D eigenvalue weighted by Crippen LogP contribution is -2.30. The molecule has 0 aliphatic heterocycles. The van der Waals surface area contributed by atoms with Crippen LogP contribution in [0.2, 0.25) is 0 Å². The second-order valence-electron chi connectivity index (χ2n) is 18.5. The van der Waals surface area contributed by atoms with E-state index in [2.05, 4.69) is 20.8 Å². The van der Waals surface area contributed by atoms with Crippen molar-refractivity contribution in [2.24, 2.45) is 0 Å². The number of ether oxygens (including phenoxy) is 3. The molecule has 0 N–H and O–H groups in total. The molecule has 0 aromatic heterocycles. The van der Waals surface area contributed by atoms with Gasteiger partial charge in [-0.25, -0.2) is 0 Å². The normalized spacial score (nSPS) is 11.8. The van der Waals surface area contributed by atoms with Crippen LogP contribution in [0.15, 0.2) is 0 Å². The molecular weight excluding hydrogens is 745 g/mol. The number of carbonyl (C=O) groups is 3. The molecule has 0 saturated carbocycles. The van der Waals surface area contributed by atoms with Gasteiger partial charge in [-0.2, -0.15) is 0 Å². The Morgan fingerprint density at radius 2 is 0.450 bits per heavy atom. The van der Waals surface area contributed by atoms with Gasteiger partial charge >= 0.3 is 17.9 Å². The highest BCUT2D eigenvalue weighted by atomic mass is 16.6. The summed E-state index contributed by atoms with van der Waals surface area (Å²) in [6.45, 7) is 6.67. The fraction of sp³-hybridized carbons (Fsp3) is 0.944. The van der Waals surface area contributed by atoms with Gasteiger partial charge in [-0.15, -0.1) is 0 Å². The van der Waals surface area contributed by atoms with Gasteiger partial charge in [-0.1, -0.05) is 271 Å². The lowest BCUT2D eigenvalue weighted by molar-refractivity contribution is -0.167. The molecule has 0 heterocycles. The minimum Gasteiger partial charge on any atom is -0.462 e. The van der Waals surface area contributed by atoms with Crippen LogP contribution in [0.5, 0.6) is 0 Å². The third kappa shape index (κ3) is 47.5. The van der Waals surface area contributed by atoms with Gasteiger partial charge in [0.2, 0.25) is 0 Å². The van der Waals surface area contributed by atoms with E-state index in [0.29, 0.717) is 19.3 Å². The van der Waals surface area contributed by atoms with Crippen LogP contribution in [-0.2, 0) is 28.6 Å². The molecule has 60 heavy (non-hydrogen) atoms. The number of hydrogen-bond acceptors (Lipinski definition) is 6. The first-order valence-corrected chi connectivity index (χ1v) is 27.0. The molecule has 0 rings (SSSR count). The van der Waals surface area contributed by atoms with Crippen LogP contribution in [0.1, 0.15) is 310 Å². The second kappa shape index (κ2) is 50.1. The number of esters is 3. The number of hydrogen-bond donors (Lipinski definition) is 0. The van der Waals surface area contributed by atoms with E-state index in [-0.39, 0.29) is 31.1 Å². The topological polar surface area (TPSA) is 78.9 Å². The molecule has 356 valence electrons. The first kappa shape index (κ1) is 58.4. The summed E-state index contributed by atoms with van der Waals surface area (Å²) in [5.41, 5.74) is 0. The lowest BCUT2D eigenvalue weighted by atomic mass is 10.0. The molecule has 6 nitrogen and oxygen atoms in total. The van der Waals surface area contributed by atoms with Crippen molar-refractivity contribution in [2.75, 3.05) is 13.2 Å². The summed E-state index contributed by atoms with van der Waals surface area (Å²) in [6.07, 6.45) is 53.8. The van der Waals surface area contributed by atoms with Crippen molar-refractivity contribution < 1.29 is 28.6 Å². The van der Waals surface area contributed by atoms with Crippen LogP contribution in [0.25, 0.3) is 0 Å². The van der Waals surface area contributed by atoms with Crippen LogP contribution in [0.4, 0.5) is 0 Å². The summed E-state index contributed by atoms with van der Waals surface area (Å²) >= 11 is 0. The van der Waals surface area contributed by atoms with Gasteiger partial charge in [0.25, 0.3) is 0 Å². The van der Waals surface area contributed by atoms with Crippen LogP contribution < -0.4 is 0 Å². The van der Waals surface area contributed by atoms with Gasteiger partial charge < -0.3 is 14.2 Å². The Bertz CT molecular complexity index is 889. The van der Waals surface area contributed by atoms with Crippen LogP contribution in [0, 0.1) is 0 Å². The van der Waals surface area contributed by atoms with Gasteiger partial charge in [0, 0.05) is 19.3 Å². The van der Waals surface area contributed by atoms with E-state index < -0.39 is 6.10 Å². The van der Waals surface area contributed by atoms with Crippen molar-refractivity contribution in [3.8, 4) is 0 Å². The van der Waals surface area contributed by atoms with E-state index in [1.54, 1.807) is 0 Å². The van der Waals surface area contributed by atoms with Crippen molar-refractivity contribution in [3.63, 3.8) is 0 Å². The van der Waals surface area contributed by atoms with Gasteiger partial charge in [0.15, 0.2) is 6.10 Å². The Balaban J connectivity index is 4.19. The first-order valence-electron chi connectivity index (χ1n) is 27.0. The molecule has 0 aliphatic carbocycles. The minimum atomic E-state index is -0.759. The highest BCUT2D eigenvalue weighted by molar-refractivity contribution is 5.71. The van der Waals surface area contributed by atoms with E-state index in [1.807, 2.05) is 0 Å². The van der Waals surface area contributed by atoms with Gasteiger partial charge in [0.05, 0.1) is 0 Å². The van der Waals surface area contributed by atoms with Gasteiger partial charge in [-0.3, -0.25) is 14.4 Å². The first-order chi connectivity index (χ1) is 29.5. The quantitative estimate of drug-likeness (QED) is 0.0345. The molecule has 0 aliphatic rings. The Morgan fingerprint density at radius 3 is 0.667 bits per heavy atom. The summed E-state index contributed by atoms with van der Waals surface area (Å²) in [5.74, 6) is -0.842. The van der Waals surface area contributed by atoms with Crippen molar-refractivity contribution in [3.05, 3.63) is 0 Å². The smallest absolute Gasteiger partial charge is 0.306 e. The third-order valence-corrected chi connectivity index (χ3v) is 12.4. The van der Waals surface area contributed by atoms with E-state index in [1.165, 1.54) is 212 Å². The molecule has 0 aromatic rings. The van der Waals surface area contributed by atoms with Crippen molar-refractivity contribution in [1.82, 2.24) is 0 Å². The fourth-order valence-corrected chi connectivity index (χ4v) is 8.27. The van der Waals surface area contributed by atoms with Gasteiger partial charge in [0.1, 0.15) is 13.2 Å². The summed E-state index contributed by atoms with van der Waals surface area (Å²) in [5, 5.41) is 0. The molecule has 0 radical (unpaired) electrons. The zero-order valence-corrected chi connectivity index (χ0v) is 40.8. The van der Waals surface area contributed by atoms with E-state index >= 15 is 0 Å². The van der Waals surface area contributed by atoms with Crippen molar-refractivity contribution >= 4 is 17.9 Å². The maximum atomic E-state index is 12.7. The number of carbonyl (C=O) groups excluding carboxylic acids is 3. The Morgan fingerprint density at radius 1 is 0.267 bits per heavy atom. The van der Waals surface area contributed by atoms with Gasteiger partial charge in [-0.05, 0) is 19.3 Å². The summed E-state index contributed by atoms with van der Waals surface area (Å²) < 4.78 is 16.8. The Labute approximate surface area is 374 Å². The maximum absolute atomic E-state index is 12.7. The summed E-state index contributed by atoms with van der Waals surface area (Å²) in [7, 11) is 0. The molecule has 0 unspecified atom stereocenters. The fourth-order valence-electron chi connectivity index (χ4n) is 8.27. The molecule has 0 saturated heterocycles. The molecule has 0 bridgehead atoms. The Hall–Kier alpha value is -1.59. The highest BCUT2D eigenvalue weighted by Gasteiger charge is 2.19. The predicted molar refractivity (Wildman–Crippen MR) is 257 cm³/mol. The van der Waals surface area contributed by atoms with Crippen molar-refractivity contribution in [1.29, 1.82) is 0 Å². The van der Waals surface area contributed by atoms with Crippen LogP contribution in [-0.4, -0.2) is 37.2 Å². The predicted octanol–water partition coefficient (Wildman–Crippen LogP) is 17.6. The summed E-state index contributed by atoms with van der Waals surface area (Å²) in [4.78, 5) is 37.9. The SMILES string of the molecule is CCCCCCCCCCCCCCCCCCCCCC(=O)OC[C@@H](COC(=O)CCCCCCCCCCCCCCCC)OC(=O)CCCCCCCCCCC. The largest absolute Gasteiger partial charge is 0.462 e. The molecule has 1 atom stereocenters. The van der Waals surface area contributed by atoms with Crippen molar-refractivity contribution in [2.45, 2.75) is 316 Å². The standard InChI is InChI=1S/C54H104O6/c1-4-7-10-13-16-19-21-23-25-26-27-28-29-31-33-36-38-41-44-47-53(56)59-50-51(60-54(57)48-45-42-39-34-18-15-12-9-6-3)49-58-52(55)46-43-40-37-35-32-30-24-22-20-17-14-11-8-5-2/h51H,4-50H2,1-3H3/t51-/m1/s1. The van der Waals surface area contributed by atoms with E-state index in [9.17, 15) is 14.4 Å². The number of unbranched alkanes of at least 4 members (excludes halogenated alkanes) is 39. The highest BCUT2D eigenvalue weighted by Crippen LogP contribution is 2.17. The zero-order chi connectivity index (χ0) is 43.7. The Kier molecular flexibility index (Phi) is 48.7. The van der Waals surface area contributed by atoms with Crippen LogP contribution in [0.3, 0.4) is 0 Å². The maximum Gasteiger partial charge on any atom is 0.306 e. The minimum absolute atomic E-state index is 0.0619. The molecular formula is C54H104O6. The zero-order valence-electron chi connectivity index (χ0n) is 40.8. The summed E-state index contributed by atoms with van der Waals surface area (Å²) in [6, 6.07) is 0. The molecule has 0 fully saturated rings. The number of rotatable bonds is 50. The lowest BCUT2D eigenvalue weighted by Gasteiger charge is -2.18. The van der Waals surface area contributed by atoms with E-state index in [0.717, 1.165) is 57.8 Å². The van der Waals surface area contributed by atoms with Crippen LogP contribution >= 0.6 is 0 Å². The average molecular weight is 849 g/mol. The molecule has 0 amide bonds. The average Bonchev–Trinajstić information content (AvgIpc) is 3.24. The monoisotopic (exact) mass is 849 g/mol.